The minimum atomic E-state index is -0.0799. The highest BCUT2D eigenvalue weighted by atomic mass is 32.2. The fourth-order valence-electron chi connectivity index (χ4n) is 2.93. The van der Waals surface area contributed by atoms with Crippen LogP contribution in [0.1, 0.15) is 16.7 Å². The average Bonchev–Trinajstić information content (AvgIpc) is 2.93. The summed E-state index contributed by atoms with van der Waals surface area (Å²) in [5.74, 6) is 1.53. The van der Waals surface area contributed by atoms with Gasteiger partial charge in [0.1, 0.15) is 29.0 Å². The molecule has 1 saturated heterocycles. The zero-order valence-corrected chi connectivity index (χ0v) is 18.1. The van der Waals surface area contributed by atoms with Crippen LogP contribution in [0.4, 0.5) is 0 Å². The molecule has 0 atom stereocenters. The number of thioether (sulfide) groups is 1. The lowest BCUT2D eigenvalue weighted by Gasteiger charge is -2.10. The number of aryl methyl sites for hydroxylation is 2. The van der Waals surface area contributed by atoms with Gasteiger partial charge in [-0.25, -0.2) is 0 Å². The highest BCUT2D eigenvalue weighted by Crippen LogP contribution is 2.32. The van der Waals surface area contributed by atoms with Crippen molar-refractivity contribution in [3.05, 3.63) is 76.7 Å². The Morgan fingerprint density at radius 1 is 1.03 bits per heavy atom. The SMILES string of the molecule is C=CCN1C(=O)C(=Cc2ccc(OCCOc3cc(C)cc(C)c3)cc2)SC1=S. The fraction of sp³-hybridized carbons (Fsp3) is 0.217. The predicted molar refractivity (Wildman–Crippen MR) is 123 cm³/mol. The zero-order chi connectivity index (χ0) is 20.8. The Labute approximate surface area is 181 Å². The standard InChI is InChI=1S/C23H23NO3S2/c1-4-9-24-22(25)21(29-23(24)28)15-18-5-7-19(8-6-18)26-10-11-27-20-13-16(2)12-17(3)14-20/h4-8,12-15H,1,9-11H2,2-3H3. The van der Waals surface area contributed by atoms with Crippen molar-refractivity contribution in [1.82, 2.24) is 4.90 Å². The summed E-state index contributed by atoms with van der Waals surface area (Å²) in [5.41, 5.74) is 3.28. The molecule has 0 radical (unpaired) electrons. The summed E-state index contributed by atoms with van der Waals surface area (Å²) in [6.07, 6.45) is 3.51. The van der Waals surface area contributed by atoms with Crippen molar-refractivity contribution in [3.63, 3.8) is 0 Å². The molecule has 29 heavy (non-hydrogen) atoms. The van der Waals surface area contributed by atoms with Crippen LogP contribution in [-0.2, 0) is 4.79 Å². The summed E-state index contributed by atoms with van der Waals surface area (Å²) < 4.78 is 12.1. The minimum absolute atomic E-state index is 0.0799. The van der Waals surface area contributed by atoms with Crippen molar-refractivity contribution in [2.75, 3.05) is 19.8 Å². The molecule has 0 spiro atoms. The van der Waals surface area contributed by atoms with Gasteiger partial charge in [0.05, 0.1) is 4.91 Å². The van der Waals surface area contributed by atoms with E-state index in [1.54, 1.807) is 11.0 Å². The van der Waals surface area contributed by atoms with E-state index >= 15 is 0 Å². The molecule has 1 aliphatic heterocycles. The van der Waals surface area contributed by atoms with Crippen LogP contribution < -0.4 is 9.47 Å². The summed E-state index contributed by atoms with van der Waals surface area (Å²) in [6, 6.07) is 13.7. The molecule has 2 aromatic rings. The van der Waals surface area contributed by atoms with Gasteiger partial charge in [-0.2, -0.15) is 0 Å². The van der Waals surface area contributed by atoms with Gasteiger partial charge in [-0.1, -0.05) is 48.3 Å². The Morgan fingerprint density at radius 2 is 1.66 bits per heavy atom. The fourth-order valence-corrected chi connectivity index (χ4v) is 4.21. The van der Waals surface area contributed by atoms with Crippen LogP contribution in [0, 0.1) is 13.8 Å². The van der Waals surface area contributed by atoms with Gasteiger partial charge in [0, 0.05) is 6.54 Å². The smallest absolute Gasteiger partial charge is 0.266 e. The van der Waals surface area contributed by atoms with Gasteiger partial charge in [-0.3, -0.25) is 9.69 Å². The van der Waals surface area contributed by atoms with E-state index in [1.807, 2.05) is 42.5 Å². The molecule has 1 amide bonds. The number of amides is 1. The number of ether oxygens (including phenoxy) is 2. The van der Waals surface area contributed by atoms with E-state index in [-0.39, 0.29) is 5.91 Å². The van der Waals surface area contributed by atoms with Crippen LogP contribution in [-0.4, -0.2) is 34.9 Å². The van der Waals surface area contributed by atoms with Crippen LogP contribution in [0.15, 0.2) is 60.0 Å². The Kier molecular flexibility index (Phi) is 7.12. The Balaban J connectivity index is 1.52. The topological polar surface area (TPSA) is 38.8 Å². The first-order valence-corrected chi connectivity index (χ1v) is 10.5. The van der Waals surface area contributed by atoms with Crippen LogP contribution in [0.3, 0.4) is 0 Å². The molecule has 3 rings (SSSR count). The number of nitrogens with zero attached hydrogens (tertiary/aromatic N) is 1. The quantitative estimate of drug-likeness (QED) is 0.253. The molecule has 1 aliphatic rings. The highest BCUT2D eigenvalue weighted by Gasteiger charge is 2.30. The number of benzene rings is 2. The molecule has 0 aromatic heterocycles. The van der Waals surface area contributed by atoms with Gasteiger partial charge in [0.15, 0.2) is 0 Å². The summed E-state index contributed by atoms with van der Waals surface area (Å²) in [4.78, 5) is 14.5. The molecule has 1 fully saturated rings. The lowest BCUT2D eigenvalue weighted by Crippen LogP contribution is -2.27. The van der Waals surface area contributed by atoms with E-state index in [1.165, 1.54) is 22.9 Å². The number of thiocarbonyl (C=S) groups is 1. The number of rotatable bonds is 8. The Hall–Kier alpha value is -2.57. The van der Waals surface area contributed by atoms with E-state index in [0.29, 0.717) is 29.0 Å². The molecule has 1 heterocycles. The van der Waals surface area contributed by atoms with Gasteiger partial charge < -0.3 is 9.47 Å². The van der Waals surface area contributed by atoms with Crippen molar-refractivity contribution < 1.29 is 14.3 Å². The molecule has 0 aliphatic carbocycles. The maximum Gasteiger partial charge on any atom is 0.266 e. The van der Waals surface area contributed by atoms with Crippen LogP contribution in [0.2, 0.25) is 0 Å². The molecule has 0 saturated carbocycles. The van der Waals surface area contributed by atoms with Crippen LogP contribution in [0.25, 0.3) is 6.08 Å². The van der Waals surface area contributed by atoms with Crippen molar-refractivity contribution >= 4 is 40.3 Å². The van der Waals surface area contributed by atoms with E-state index in [9.17, 15) is 4.79 Å². The van der Waals surface area contributed by atoms with Gasteiger partial charge in [-0.05, 0) is 60.9 Å². The number of carbonyl (C=O) groups is 1. The maximum absolute atomic E-state index is 12.4. The van der Waals surface area contributed by atoms with E-state index in [4.69, 9.17) is 21.7 Å². The number of hydrogen-bond acceptors (Lipinski definition) is 5. The normalized spacial score (nSPS) is 15.1. The first-order valence-electron chi connectivity index (χ1n) is 9.26. The second-order valence-electron chi connectivity index (χ2n) is 6.67. The van der Waals surface area contributed by atoms with Gasteiger partial charge in [0.2, 0.25) is 0 Å². The number of carbonyl (C=O) groups excluding carboxylic acids is 1. The van der Waals surface area contributed by atoms with Crippen LogP contribution >= 0.6 is 24.0 Å². The average molecular weight is 426 g/mol. The molecule has 150 valence electrons. The lowest BCUT2D eigenvalue weighted by molar-refractivity contribution is -0.121. The van der Waals surface area contributed by atoms with Crippen molar-refractivity contribution in [2.45, 2.75) is 13.8 Å². The van der Waals surface area contributed by atoms with Crippen LogP contribution in [0.5, 0.6) is 11.5 Å². The first-order chi connectivity index (χ1) is 14.0. The number of hydrogen-bond donors (Lipinski definition) is 0. The Morgan fingerprint density at radius 3 is 2.28 bits per heavy atom. The zero-order valence-electron chi connectivity index (χ0n) is 16.5. The monoisotopic (exact) mass is 425 g/mol. The third-order valence-electron chi connectivity index (χ3n) is 4.18. The second-order valence-corrected chi connectivity index (χ2v) is 8.35. The second kappa shape index (κ2) is 9.76. The predicted octanol–water partition coefficient (Wildman–Crippen LogP) is 5.15. The van der Waals surface area contributed by atoms with Gasteiger partial charge in [0.25, 0.3) is 5.91 Å². The largest absolute Gasteiger partial charge is 0.490 e. The van der Waals surface area contributed by atoms with Gasteiger partial charge >= 0.3 is 0 Å². The summed E-state index contributed by atoms with van der Waals surface area (Å²) in [6.45, 7) is 9.11. The molecule has 0 bridgehead atoms. The van der Waals surface area contributed by atoms with Crippen molar-refractivity contribution in [3.8, 4) is 11.5 Å². The lowest BCUT2D eigenvalue weighted by atomic mass is 10.1. The van der Waals surface area contributed by atoms with E-state index < -0.39 is 0 Å². The molecule has 4 nitrogen and oxygen atoms in total. The van der Waals surface area contributed by atoms with Crippen molar-refractivity contribution in [1.29, 1.82) is 0 Å². The first kappa shape index (κ1) is 21.1. The highest BCUT2D eigenvalue weighted by molar-refractivity contribution is 8.26. The van der Waals surface area contributed by atoms with E-state index in [2.05, 4.69) is 26.5 Å². The third-order valence-corrected chi connectivity index (χ3v) is 5.56. The molecule has 0 unspecified atom stereocenters. The summed E-state index contributed by atoms with van der Waals surface area (Å²) in [5, 5.41) is 0. The molecule has 2 aromatic carbocycles. The molecular weight excluding hydrogens is 402 g/mol. The summed E-state index contributed by atoms with van der Waals surface area (Å²) >= 11 is 6.56. The molecule has 6 heteroatoms. The van der Waals surface area contributed by atoms with E-state index in [0.717, 1.165) is 17.1 Å². The minimum Gasteiger partial charge on any atom is -0.490 e. The van der Waals surface area contributed by atoms with Gasteiger partial charge in [-0.15, -0.1) is 6.58 Å². The molecular formula is C23H23NO3S2. The third kappa shape index (κ3) is 5.71. The van der Waals surface area contributed by atoms with Crippen molar-refractivity contribution in [2.24, 2.45) is 0 Å². The summed E-state index contributed by atoms with van der Waals surface area (Å²) in [7, 11) is 0. The Bertz CT molecular complexity index is 931. The maximum atomic E-state index is 12.4. The molecule has 0 N–H and O–H groups in total.